The number of aromatic nitrogens is 1. The molecule has 0 saturated carbocycles. The molecule has 0 aliphatic rings. The molecule has 0 aliphatic carbocycles. The van der Waals surface area contributed by atoms with Crippen molar-refractivity contribution < 1.29 is 0 Å². The van der Waals surface area contributed by atoms with Gasteiger partial charge in [-0.1, -0.05) is 35.3 Å². The van der Waals surface area contributed by atoms with Crippen LogP contribution in [-0.2, 0) is 6.54 Å². The quantitative estimate of drug-likeness (QED) is 0.926. The van der Waals surface area contributed by atoms with E-state index in [4.69, 9.17) is 28.9 Å². The molecule has 106 valence electrons. The molecular weight excluding hydrogens is 293 g/mol. The Morgan fingerprint density at radius 1 is 1.15 bits per heavy atom. The van der Waals surface area contributed by atoms with Gasteiger partial charge in [-0.05, 0) is 36.8 Å². The van der Waals surface area contributed by atoms with Crippen molar-refractivity contribution in [3.05, 3.63) is 57.7 Å². The monoisotopic (exact) mass is 309 g/mol. The second-order valence-corrected chi connectivity index (χ2v) is 5.48. The molecule has 0 bridgehead atoms. The van der Waals surface area contributed by atoms with Crippen LogP contribution < -0.4 is 10.6 Å². The zero-order valence-electron chi connectivity index (χ0n) is 11.5. The Labute approximate surface area is 129 Å². The van der Waals surface area contributed by atoms with E-state index in [-0.39, 0.29) is 6.04 Å². The summed E-state index contributed by atoms with van der Waals surface area (Å²) in [6.07, 6.45) is 0. The number of benzene rings is 1. The normalized spacial score (nSPS) is 12.2. The molecule has 1 unspecified atom stereocenters. The van der Waals surface area contributed by atoms with Gasteiger partial charge < -0.3 is 10.6 Å². The maximum absolute atomic E-state index is 6.04. The number of hydrogen-bond donors (Lipinski definition) is 1. The van der Waals surface area contributed by atoms with E-state index in [0.29, 0.717) is 17.3 Å². The van der Waals surface area contributed by atoms with Crippen LogP contribution in [0.3, 0.4) is 0 Å². The van der Waals surface area contributed by atoms with Crippen molar-refractivity contribution >= 4 is 29.0 Å². The molecule has 1 aromatic heterocycles. The smallest absolute Gasteiger partial charge is 0.129 e. The lowest BCUT2D eigenvalue weighted by atomic mass is 10.1. The van der Waals surface area contributed by atoms with Crippen molar-refractivity contribution in [1.82, 2.24) is 4.98 Å². The second kappa shape index (κ2) is 6.44. The van der Waals surface area contributed by atoms with Gasteiger partial charge in [0.2, 0.25) is 0 Å². The first-order valence-corrected chi connectivity index (χ1v) is 7.12. The molecule has 0 spiro atoms. The van der Waals surface area contributed by atoms with E-state index in [1.54, 1.807) is 0 Å². The molecule has 2 rings (SSSR count). The summed E-state index contributed by atoms with van der Waals surface area (Å²) in [6.45, 7) is 2.44. The number of hydrogen-bond acceptors (Lipinski definition) is 3. The molecule has 1 heterocycles. The van der Waals surface area contributed by atoms with Gasteiger partial charge in [0.25, 0.3) is 0 Å². The molecule has 0 amide bonds. The summed E-state index contributed by atoms with van der Waals surface area (Å²) in [5, 5.41) is 1.34. The molecule has 5 heteroatoms. The van der Waals surface area contributed by atoms with Crippen LogP contribution in [0, 0.1) is 0 Å². The average Bonchev–Trinajstić information content (AvgIpc) is 2.47. The zero-order chi connectivity index (χ0) is 14.7. The number of rotatable bonds is 4. The Balaban J connectivity index is 2.26. The highest BCUT2D eigenvalue weighted by molar-refractivity contribution is 6.31. The molecule has 3 nitrogen and oxygen atoms in total. The Hall–Kier alpha value is -1.29. The first kappa shape index (κ1) is 15.1. The highest BCUT2D eigenvalue weighted by Gasteiger charge is 2.14. The Bertz CT molecular complexity index is 584. The summed E-state index contributed by atoms with van der Waals surface area (Å²) in [5.41, 5.74) is 7.52. The summed E-state index contributed by atoms with van der Waals surface area (Å²) in [6, 6.07) is 11.7. The minimum absolute atomic E-state index is 0.173. The fraction of sp³-hybridized carbons (Fsp3) is 0.267. The Morgan fingerprint density at radius 2 is 1.80 bits per heavy atom. The van der Waals surface area contributed by atoms with E-state index in [1.807, 2.05) is 43.4 Å². The summed E-state index contributed by atoms with van der Waals surface area (Å²) in [4.78, 5) is 6.58. The van der Waals surface area contributed by atoms with Crippen molar-refractivity contribution in [3.8, 4) is 0 Å². The van der Waals surface area contributed by atoms with E-state index in [1.165, 1.54) is 5.56 Å². The summed E-state index contributed by atoms with van der Waals surface area (Å²) in [7, 11) is 2.00. The maximum Gasteiger partial charge on any atom is 0.129 e. The van der Waals surface area contributed by atoms with E-state index in [2.05, 4.69) is 16.8 Å². The number of nitrogens with zero attached hydrogens (tertiary/aromatic N) is 2. The third-order valence-corrected chi connectivity index (χ3v) is 3.99. The summed E-state index contributed by atoms with van der Waals surface area (Å²) in [5.74, 6) is 0.845. The van der Waals surface area contributed by atoms with Gasteiger partial charge in [-0.2, -0.15) is 0 Å². The zero-order valence-corrected chi connectivity index (χ0v) is 13.0. The van der Waals surface area contributed by atoms with Gasteiger partial charge in [0, 0.05) is 18.6 Å². The molecule has 0 radical (unpaired) electrons. The van der Waals surface area contributed by atoms with Crippen LogP contribution in [0.5, 0.6) is 0 Å². The van der Waals surface area contributed by atoms with Crippen molar-refractivity contribution in [2.45, 2.75) is 19.5 Å². The number of nitrogens with two attached hydrogens (primary N) is 1. The minimum atomic E-state index is 0.173. The molecule has 2 aromatic rings. The third kappa shape index (κ3) is 3.23. The molecule has 0 saturated heterocycles. The fourth-order valence-corrected chi connectivity index (χ4v) is 2.28. The van der Waals surface area contributed by atoms with Crippen molar-refractivity contribution in [2.75, 3.05) is 11.9 Å². The maximum atomic E-state index is 6.04. The van der Waals surface area contributed by atoms with Crippen molar-refractivity contribution in [2.24, 2.45) is 5.73 Å². The minimum Gasteiger partial charge on any atom is -0.353 e. The van der Waals surface area contributed by atoms with Crippen LogP contribution in [-0.4, -0.2) is 12.0 Å². The van der Waals surface area contributed by atoms with E-state index in [0.717, 1.165) is 10.8 Å². The highest BCUT2D eigenvalue weighted by atomic mass is 35.5. The lowest BCUT2D eigenvalue weighted by Crippen LogP contribution is -2.23. The molecule has 20 heavy (non-hydrogen) atoms. The Kier molecular flexibility index (Phi) is 4.86. The van der Waals surface area contributed by atoms with E-state index < -0.39 is 0 Å². The van der Waals surface area contributed by atoms with Crippen LogP contribution in [0.2, 0.25) is 10.0 Å². The van der Waals surface area contributed by atoms with Crippen molar-refractivity contribution in [3.63, 3.8) is 0 Å². The fourth-order valence-electron chi connectivity index (χ4n) is 1.98. The molecule has 0 fully saturated rings. The van der Waals surface area contributed by atoms with Crippen LogP contribution in [0.1, 0.15) is 24.2 Å². The SMILES string of the molecule is CC(c1ccc(Cl)cc1)N(C)c1ccc(Cl)c(CN)n1. The third-order valence-electron chi connectivity index (χ3n) is 3.39. The second-order valence-electron chi connectivity index (χ2n) is 4.64. The van der Waals surface area contributed by atoms with Crippen LogP contribution >= 0.6 is 23.2 Å². The first-order valence-electron chi connectivity index (χ1n) is 6.36. The molecule has 1 atom stereocenters. The van der Waals surface area contributed by atoms with E-state index in [9.17, 15) is 0 Å². The van der Waals surface area contributed by atoms with Gasteiger partial charge in [0.15, 0.2) is 0 Å². The summed E-state index contributed by atoms with van der Waals surface area (Å²) >= 11 is 12.0. The predicted molar refractivity (Wildman–Crippen MR) is 85.4 cm³/mol. The lowest BCUT2D eigenvalue weighted by molar-refractivity contribution is 0.725. The molecular formula is C15H17Cl2N3. The van der Waals surface area contributed by atoms with Crippen LogP contribution in [0.25, 0.3) is 0 Å². The Morgan fingerprint density at radius 3 is 2.40 bits per heavy atom. The van der Waals surface area contributed by atoms with Crippen molar-refractivity contribution in [1.29, 1.82) is 0 Å². The van der Waals surface area contributed by atoms with Crippen LogP contribution in [0.15, 0.2) is 36.4 Å². The summed E-state index contributed by atoms with van der Waals surface area (Å²) < 4.78 is 0. The number of anilines is 1. The average molecular weight is 310 g/mol. The molecule has 2 N–H and O–H groups in total. The number of halogens is 2. The molecule has 0 aliphatic heterocycles. The van der Waals surface area contributed by atoms with Gasteiger partial charge in [0.05, 0.1) is 16.8 Å². The standard InChI is InChI=1S/C15H17Cl2N3/c1-10(11-3-5-12(16)6-4-11)20(2)15-8-7-13(17)14(9-18)19-15/h3-8,10H,9,18H2,1-2H3. The topological polar surface area (TPSA) is 42.1 Å². The molecule has 1 aromatic carbocycles. The largest absolute Gasteiger partial charge is 0.353 e. The van der Waals surface area contributed by atoms with E-state index >= 15 is 0 Å². The van der Waals surface area contributed by atoms with Gasteiger partial charge >= 0.3 is 0 Å². The van der Waals surface area contributed by atoms with Gasteiger partial charge in [-0.3, -0.25) is 0 Å². The van der Waals surface area contributed by atoms with Gasteiger partial charge in [-0.25, -0.2) is 4.98 Å². The first-order chi connectivity index (χ1) is 9.52. The predicted octanol–water partition coefficient (Wildman–Crippen LogP) is 4.04. The van der Waals surface area contributed by atoms with Gasteiger partial charge in [-0.15, -0.1) is 0 Å². The number of pyridine rings is 1. The lowest BCUT2D eigenvalue weighted by Gasteiger charge is -2.27. The van der Waals surface area contributed by atoms with Crippen LogP contribution in [0.4, 0.5) is 5.82 Å². The van der Waals surface area contributed by atoms with Gasteiger partial charge in [0.1, 0.15) is 5.82 Å². The highest BCUT2D eigenvalue weighted by Crippen LogP contribution is 2.26.